The predicted octanol–water partition coefficient (Wildman–Crippen LogP) is 1.16. The molecule has 0 aliphatic rings. The number of rotatable bonds is 2. The van der Waals surface area contributed by atoms with E-state index in [0.717, 1.165) is 16.5 Å². The lowest BCUT2D eigenvalue weighted by Crippen LogP contribution is -2.13. The van der Waals surface area contributed by atoms with Crippen molar-refractivity contribution in [2.45, 2.75) is 6.04 Å². The lowest BCUT2D eigenvalue weighted by atomic mass is 10.1. The number of H-pyrrole nitrogens is 1. The van der Waals surface area contributed by atoms with E-state index in [0.29, 0.717) is 0 Å². The van der Waals surface area contributed by atoms with Crippen LogP contribution in [0.25, 0.3) is 10.9 Å². The van der Waals surface area contributed by atoms with E-state index in [4.69, 9.17) is 10.8 Å². The first-order chi connectivity index (χ1) is 6.33. The minimum absolute atomic E-state index is 0.0259. The van der Waals surface area contributed by atoms with Crippen LogP contribution in [0.2, 0.25) is 0 Å². The monoisotopic (exact) mass is 176 g/mol. The zero-order valence-corrected chi connectivity index (χ0v) is 7.20. The van der Waals surface area contributed by atoms with Crippen LogP contribution < -0.4 is 5.73 Å². The molecule has 1 heterocycles. The van der Waals surface area contributed by atoms with E-state index < -0.39 is 0 Å². The lowest BCUT2D eigenvalue weighted by Gasteiger charge is -2.05. The van der Waals surface area contributed by atoms with Crippen molar-refractivity contribution in [2.24, 2.45) is 5.73 Å². The second-order valence-electron chi connectivity index (χ2n) is 3.08. The minimum Gasteiger partial charge on any atom is -0.394 e. The van der Waals surface area contributed by atoms with Crippen molar-refractivity contribution in [2.75, 3.05) is 6.61 Å². The Labute approximate surface area is 76.2 Å². The fourth-order valence-corrected chi connectivity index (χ4v) is 1.50. The molecule has 13 heavy (non-hydrogen) atoms. The van der Waals surface area contributed by atoms with Crippen molar-refractivity contribution < 1.29 is 5.11 Å². The van der Waals surface area contributed by atoms with E-state index in [1.54, 1.807) is 0 Å². The highest BCUT2D eigenvalue weighted by atomic mass is 16.3. The molecule has 2 aromatic rings. The molecule has 0 fully saturated rings. The van der Waals surface area contributed by atoms with E-state index in [1.165, 1.54) is 0 Å². The first-order valence-corrected chi connectivity index (χ1v) is 4.25. The third-order valence-corrected chi connectivity index (χ3v) is 2.22. The average molecular weight is 176 g/mol. The van der Waals surface area contributed by atoms with Crippen molar-refractivity contribution in [1.82, 2.24) is 4.98 Å². The Morgan fingerprint density at radius 1 is 1.38 bits per heavy atom. The van der Waals surface area contributed by atoms with Gasteiger partial charge in [-0.05, 0) is 11.6 Å². The van der Waals surface area contributed by atoms with Crippen molar-refractivity contribution in [3.63, 3.8) is 0 Å². The third kappa shape index (κ3) is 1.32. The summed E-state index contributed by atoms with van der Waals surface area (Å²) in [6.07, 6.45) is 1.85. The maximum atomic E-state index is 8.93. The number of aliphatic hydroxyl groups excluding tert-OH is 1. The highest BCUT2D eigenvalue weighted by molar-refractivity contribution is 5.83. The number of nitrogens with two attached hydrogens (primary N) is 1. The van der Waals surface area contributed by atoms with Gasteiger partial charge in [0.25, 0.3) is 0 Å². The second-order valence-corrected chi connectivity index (χ2v) is 3.08. The zero-order chi connectivity index (χ0) is 9.26. The van der Waals surface area contributed by atoms with E-state index in [1.807, 2.05) is 30.5 Å². The first-order valence-electron chi connectivity index (χ1n) is 4.25. The van der Waals surface area contributed by atoms with Gasteiger partial charge in [-0.1, -0.05) is 18.2 Å². The number of aliphatic hydroxyl groups is 1. The molecule has 68 valence electrons. The predicted molar refractivity (Wildman–Crippen MR) is 52.3 cm³/mol. The Bertz CT molecular complexity index is 408. The summed E-state index contributed by atoms with van der Waals surface area (Å²) in [7, 11) is 0. The summed E-state index contributed by atoms with van der Waals surface area (Å²) in [6.45, 7) is -0.0259. The average Bonchev–Trinajstić information content (AvgIpc) is 2.60. The number of aromatic nitrogens is 1. The number of fused-ring (bicyclic) bond motifs is 1. The Morgan fingerprint density at radius 2 is 2.15 bits per heavy atom. The summed E-state index contributed by atoms with van der Waals surface area (Å²) in [5.74, 6) is 0. The Hall–Kier alpha value is -1.32. The van der Waals surface area contributed by atoms with Crippen LogP contribution in [0.15, 0.2) is 30.5 Å². The van der Waals surface area contributed by atoms with Crippen molar-refractivity contribution >= 4 is 10.9 Å². The second kappa shape index (κ2) is 3.20. The van der Waals surface area contributed by atoms with Crippen LogP contribution in [0, 0.1) is 0 Å². The molecule has 0 amide bonds. The van der Waals surface area contributed by atoms with Gasteiger partial charge in [0.1, 0.15) is 0 Å². The van der Waals surface area contributed by atoms with E-state index in [9.17, 15) is 0 Å². The van der Waals surface area contributed by atoms with Gasteiger partial charge in [-0.3, -0.25) is 0 Å². The molecule has 0 bridgehead atoms. The van der Waals surface area contributed by atoms with Crippen LogP contribution in [-0.2, 0) is 0 Å². The van der Waals surface area contributed by atoms with Crippen LogP contribution >= 0.6 is 0 Å². The molecule has 3 nitrogen and oxygen atoms in total. The van der Waals surface area contributed by atoms with Gasteiger partial charge in [0.15, 0.2) is 0 Å². The molecule has 1 aromatic heterocycles. The number of hydrogen-bond acceptors (Lipinski definition) is 2. The molecule has 0 aliphatic heterocycles. The van der Waals surface area contributed by atoms with Gasteiger partial charge in [-0.15, -0.1) is 0 Å². The summed E-state index contributed by atoms with van der Waals surface area (Å²) in [5.41, 5.74) is 7.76. The van der Waals surface area contributed by atoms with Crippen LogP contribution in [0.4, 0.5) is 0 Å². The molecule has 0 saturated carbocycles. The molecule has 0 aliphatic carbocycles. The summed E-state index contributed by atoms with van der Waals surface area (Å²) in [5, 5.41) is 10.0. The van der Waals surface area contributed by atoms with E-state index in [2.05, 4.69) is 4.98 Å². The van der Waals surface area contributed by atoms with Crippen LogP contribution in [0.3, 0.4) is 0 Å². The van der Waals surface area contributed by atoms with Crippen LogP contribution in [0.5, 0.6) is 0 Å². The molecule has 2 rings (SSSR count). The molecular weight excluding hydrogens is 164 g/mol. The summed E-state index contributed by atoms with van der Waals surface area (Å²) in [4.78, 5) is 3.11. The van der Waals surface area contributed by atoms with Gasteiger partial charge in [-0.2, -0.15) is 0 Å². The Kier molecular flexibility index (Phi) is 2.04. The first kappa shape index (κ1) is 8.29. The largest absolute Gasteiger partial charge is 0.394 e. The summed E-state index contributed by atoms with van der Waals surface area (Å²) < 4.78 is 0. The highest BCUT2D eigenvalue weighted by Crippen LogP contribution is 2.21. The molecule has 1 aromatic carbocycles. The van der Waals surface area contributed by atoms with Gasteiger partial charge in [0.2, 0.25) is 0 Å². The molecule has 4 N–H and O–H groups in total. The SMILES string of the molecule is N[C@@H](CO)c1c[nH]c2ccccc12. The summed E-state index contributed by atoms with van der Waals surface area (Å²) >= 11 is 0. The quantitative estimate of drug-likeness (QED) is 0.643. The van der Waals surface area contributed by atoms with E-state index in [-0.39, 0.29) is 12.6 Å². The smallest absolute Gasteiger partial charge is 0.0625 e. The molecule has 0 spiro atoms. The van der Waals surface area contributed by atoms with Gasteiger partial charge in [0, 0.05) is 17.1 Å². The number of benzene rings is 1. The topological polar surface area (TPSA) is 62.0 Å². The maximum absolute atomic E-state index is 8.93. The molecular formula is C10H12N2O. The normalized spacial score (nSPS) is 13.4. The standard InChI is InChI=1S/C10H12N2O/c11-9(6-13)8-5-12-10-4-2-1-3-7(8)10/h1-5,9,12-13H,6,11H2/t9-/m0/s1. The van der Waals surface area contributed by atoms with Crippen LogP contribution in [-0.4, -0.2) is 16.7 Å². The van der Waals surface area contributed by atoms with Crippen molar-refractivity contribution in [1.29, 1.82) is 0 Å². The minimum atomic E-state index is -0.295. The van der Waals surface area contributed by atoms with Crippen molar-refractivity contribution in [3.8, 4) is 0 Å². The Balaban J connectivity index is 2.57. The lowest BCUT2D eigenvalue weighted by molar-refractivity contribution is 0.268. The number of para-hydroxylation sites is 1. The fraction of sp³-hybridized carbons (Fsp3) is 0.200. The van der Waals surface area contributed by atoms with Gasteiger partial charge in [0.05, 0.1) is 12.6 Å². The Morgan fingerprint density at radius 3 is 2.92 bits per heavy atom. The summed E-state index contributed by atoms with van der Waals surface area (Å²) in [6, 6.07) is 7.62. The zero-order valence-electron chi connectivity index (χ0n) is 7.20. The van der Waals surface area contributed by atoms with Gasteiger partial charge in [-0.25, -0.2) is 0 Å². The number of nitrogens with one attached hydrogen (secondary N) is 1. The number of hydrogen-bond donors (Lipinski definition) is 3. The van der Waals surface area contributed by atoms with Gasteiger partial charge < -0.3 is 15.8 Å². The fourth-order valence-electron chi connectivity index (χ4n) is 1.50. The highest BCUT2D eigenvalue weighted by Gasteiger charge is 2.09. The van der Waals surface area contributed by atoms with Crippen molar-refractivity contribution in [3.05, 3.63) is 36.0 Å². The maximum Gasteiger partial charge on any atom is 0.0625 e. The molecule has 0 radical (unpaired) electrons. The number of aromatic amines is 1. The van der Waals surface area contributed by atoms with E-state index >= 15 is 0 Å². The van der Waals surface area contributed by atoms with Crippen LogP contribution in [0.1, 0.15) is 11.6 Å². The molecule has 0 unspecified atom stereocenters. The molecule has 3 heteroatoms. The molecule has 0 saturated heterocycles. The third-order valence-electron chi connectivity index (χ3n) is 2.22. The van der Waals surface area contributed by atoms with Gasteiger partial charge >= 0.3 is 0 Å². The molecule has 1 atom stereocenters.